The number of aliphatic hydroxyl groups excluding tert-OH is 2. The van der Waals surface area contributed by atoms with Gasteiger partial charge in [0.05, 0.1) is 12.7 Å². The van der Waals surface area contributed by atoms with Crippen LogP contribution >= 0.6 is 0 Å². The SMILES string of the molecule is CNC(=O)CC(C)C.OCC1CC(O)CN1. The minimum atomic E-state index is -0.243. The van der Waals surface area contributed by atoms with Crippen molar-refractivity contribution in [2.75, 3.05) is 20.2 Å². The highest BCUT2D eigenvalue weighted by molar-refractivity contribution is 5.75. The number of amides is 1. The summed E-state index contributed by atoms with van der Waals surface area (Å²) in [5, 5.41) is 22.9. The molecule has 1 aliphatic heterocycles. The lowest BCUT2D eigenvalue weighted by Gasteiger charge is -2.01. The molecule has 1 saturated heterocycles. The molecule has 1 heterocycles. The third kappa shape index (κ3) is 7.62. The van der Waals surface area contributed by atoms with E-state index in [1.807, 2.05) is 13.8 Å². The van der Waals surface area contributed by atoms with Crippen molar-refractivity contribution in [2.24, 2.45) is 5.92 Å². The molecule has 4 N–H and O–H groups in total. The van der Waals surface area contributed by atoms with Gasteiger partial charge < -0.3 is 20.8 Å². The Morgan fingerprint density at radius 1 is 1.56 bits per heavy atom. The second-order valence-electron chi connectivity index (χ2n) is 4.45. The maximum Gasteiger partial charge on any atom is 0.219 e. The van der Waals surface area contributed by atoms with Gasteiger partial charge in [0.25, 0.3) is 0 Å². The van der Waals surface area contributed by atoms with Crippen LogP contribution < -0.4 is 10.6 Å². The summed E-state index contributed by atoms with van der Waals surface area (Å²) in [6, 6.07) is 0.130. The van der Waals surface area contributed by atoms with E-state index in [2.05, 4.69) is 10.6 Å². The average molecular weight is 232 g/mol. The molecule has 0 radical (unpaired) electrons. The summed E-state index contributed by atoms with van der Waals surface area (Å²) < 4.78 is 0. The predicted octanol–water partition coefficient (Wildman–Crippen LogP) is -0.520. The van der Waals surface area contributed by atoms with Gasteiger partial charge in [-0.05, 0) is 12.3 Å². The van der Waals surface area contributed by atoms with Crippen LogP contribution in [0.15, 0.2) is 0 Å². The van der Waals surface area contributed by atoms with Crippen LogP contribution in [-0.2, 0) is 4.79 Å². The molecule has 2 atom stereocenters. The molecular formula is C11H24N2O3. The summed E-state index contributed by atoms with van der Waals surface area (Å²) in [5.74, 6) is 0.593. The lowest BCUT2D eigenvalue weighted by atomic mass is 10.1. The number of carbonyl (C=O) groups is 1. The molecule has 0 aliphatic carbocycles. The van der Waals surface area contributed by atoms with Gasteiger partial charge in [0, 0.05) is 26.1 Å². The zero-order valence-corrected chi connectivity index (χ0v) is 10.4. The van der Waals surface area contributed by atoms with E-state index in [1.165, 1.54) is 0 Å². The summed E-state index contributed by atoms with van der Waals surface area (Å²) in [5.41, 5.74) is 0. The van der Waals surface area contributed by atoms with E-state index >= 15 is 0 Å². The Balaban J connectivity index is 0.000000281. The van der Waals surface area contributed by atoms with Crippen molar-refractivity contribution < 1.29 is 15.0 Å². The van der Waals surface area contributed by atoms with E-state index in [9.17, 15) is 4.79 Å². The highest BCUT2D eigenvalue weighted by Crippen LogP contribution is 2.03. The molecule has 5 heteroatoms. The summed E-state index contributed by atoms with van der Waals surface area (Å²) in [7, 11) is 1.66. The molecule has 2 unspecified atom stereocenters. The Labute approximate surface area is 97.2 Å². The number of rotatable bonds is 3. The molecular weight excluding hydrogens is 208 g/mol. The maximum absolute atomic E-state index is 10.5. The Hall–Kier alpha value is -0.650. The molecule has 1 fully saturated rings. The van der Waals surface area contributed by atoms with E-state index in [0.717, 1.165) is 0 Å². The summed E-state index contributed by atoms with van der Waals surface area (Å²) in [6.45, 7) is 4.81. The fourth-order valence-corrected chi connectivity index (χ4v) is 1.41. The van der Waals surface area contributed by atoms with E-state index < -0.39 is 0 Å². The second kappa shape index (κ2) is 8.50. The van der Waals surface area contributed by atoms with E-state index in [0.29, 0.717) is 25.3 Å². The molecule has 1 aliphatic rings. The van der Waals surface area contributed by atoms with Gasteiger partial charge in [0.15, 0.2) is 0 Å². The molecule has 0 spiro atoms. The van der Waals surface area contributed by atoms with Crippen LogP contribution in [-0.4, -0.2) is 48.5 Å². The predicted molar refractivity (Wildman–Crippen MR) is 63.0 cm³/mol. The lowest BCUT2D eigenvalue weighted by Crippen LogP contribution is -2.24. The van der Waals surface area contributed by atoms with Crippen LogP contribution in [0, 0.1) is 5.92 Å². The van der Waals surface area contributed by atoms with E-state index in [1.54, 1.807) is 7.05 Å². The number of β-amino-alcohol motifs (C(OH)–C–C–N with tert-alkyl or cyclic N) is 1. The molecule has 1 rings (SSSR count). The number of hydrogen-bond acceptors (Lipinski definition) is 4. The van der Waals surface area contributed by atoms with Crippen molar-refractivity contribution in [1.82, 2.24) is 10.6 Å². The van der Waals surface area contributed by atoms with Gasteiger partial charge >= 0.3 is 0 Å². The summed E-state index contributed by atoms with van der Waals surface area (Å²) in [6.07, 6.45) is 1.08. The highest BCUT2D eigenvalue weighted by atomic mass is 16.3. The van der Waals surface area contributed by atoms with Crippen molar-refractivity contribution in [3.05, 3.63) is 0 Å². The van der Waals surface area contributed by atoms with Crippen molar-refractivity contribution in [3.63, 3.8) is 0 Å². The van der Waals surface area contributed by atoms with E-state index in [-0.39, 0.29) is 24.7 Å². The second-order valence-corrected chi connectivity index (χ2v) is 4.45. The normalized spacial score (nSPS) is 23.9. The Morgan fingerprint density at radius 3 is 2.38 bits per heavy atom. The molecule has 96 valence electrons. The van der Waals surface area contributed by atoms with Crippen LogP contribution in [0.1, 0.15) is 26.7 Å². The van der Waals surface area contributed by atoms with E-state index in [4.69, 9.17) is 10.2 Å². The van der Waals surface area contributed by atoms with Gasteiger partial charge in [0.2, 0.25) is 5.91 Å². The van der Waals surface area contributed by atoms with Gasteiger partial charge in [-0.25, -0.2) is 0 Å². The molecule has 0 aromatic carbocycles. The fraction of sp³-hybridized carbons (Fsp3) is 0.909. The van der Waals surface area contributed by atoms with Gasteiger partial charge in [-0.2, -0.15) is 0 Å². The first-order chi connectivity index (χ1) is 7.49. The van der Waals surface area contributed by atoms with Gasteiger partial charge in [-0.15, -0.1) is 0 Å². The standard InChI is InChI=1S/C6H13NO.C5H11NO2/c1-5(2)4-6(8)7-3;7-3-4-1-5(8)2-6-4/h5H,4H2,1-3H3,(H,7,8);4-8H,1-3H2. The van der Waals surface area contributed by atoms with Crippen LogP contribution in [0.3, 0.4) is 0 Å². The third-order valence-electron chi connectivity index (χ3n) is 2.29. The zero-order valence-electron chi connectivity index (χ0n) is 10.4. The molecule has 0 aromatic rings. The Morgan fingerprint density at radius 2 is 2.19 bits per heavy atom. The van der Waals surface area contributed by atoms with Gasteiger partial charge in [-0.1, -0.05) is 13.8 Å². The number of aliphatic hydroxyl groups is 2. The molecule has 0 bridgehead atoms. The Bertz CT molecular complexity index is 198. The van der Waals surface area contributed by atoms with Crippen LogP contribution in [0.5, 0.6) is 0 Å². The highest BCUT2D eigenvalue weighted by Gasteiger charge is 2.20. The third-order valence-corrected chi connectivity index (χ3v) is 2.29. The number of hydrogen-bond donors (Lipinski definition) is 4. The smallest absolute Gasteiger partial charge is 0.219 e. The first-order valence-electron chi connectivity index (χ1n) is 5.72. The Kier molecular flexibility index (Phi) is 8.15. The van der Waals surface area contributed by atoms with Crippen molar-refractivity contribution in [1.29, 1.82) is 0 Å². The lowest BCUT2D eigenvalue weighted by molar-refractivity contribution is -0.121. The van der Waals surface area contributed by atoms with Crippen LogP contribution in [0.4, 0.5) is 0 Å². The first kappa shape index (κ1) is 15.3. The monoisotopic (exact) mass is 232 g/mol. The largest absolute Gasteiger partial charge is 0.395 e. The molecule has 0 aromatic heterocycles. The quantitative estimate of drug-likeness (QED) is 0.528. The number of nitrogens with one attached hydrogen (secondary N) is 2. The van der Waals surface area contributed by atoms with Crippen LogP contribution in [0.2, 0.25) is 0 Å². The minimum Gasteiger partial charge on any atom is -0.395 e. The zero-order chi connectivity index (χ0) is 12.6. The molecule has 16 heavy (non-hydrogen) atoms. The fourth-order valence-electron chi connectivity index (χ4n) is 1.41. The molecule has 5 nitrogen and oxygen atoms in total. The van der Waals surface area contributed by atoms with Crippen molar-refractivity contribution >= 4 is 5.91 Å². The minimum absolute atomic E-state index is 0.125. The van der Waals surface area contributed by atoms with Gasteiger partial charge in [0.1, 0.15) is 0 Å². The molecule has 0 saturated carbocycles. The topological polar surface area (TPSA) is 81.6 Å². The first-order valence-corrected chi connectivity index (χ1v) is 5.72. The number of carbonyl (C=O) groups excluding carboxylic acids is 1. The summed E-state index contributed by atoms with van der Waals surface area (Å²) in [4.78, 5) is 10.5. The van der Waals surface area contributed by atoms with Gasteiger partial charge in [-0.3, -0.25) is 4.79 Å². The van der Waals surface area contributed by atoms with Crippen LogP contribution in [0.25, 0.3) is 0 Å². The van der Waals surface area contributed by atoms with Crippen molar-refractivity contribution in [2.45, 2.75) is 38.8 Å². The molecule has 1 amide bonds. The van der Waals surface area contributed by atoms with Crippen molar-refractivity contribution in [3.8, 4) is 0 Å². The average Bonchev–Trinajstić information content (AvgIpc) is 2.64. The maximum atomic E-state index is 10.5. The summed E-state index contributed by atoms with van der Waals surface area (Å²) >= 11 is 0.